The van der Waals surface area contributed by atoms with Crippen LogP contribution in [0.1, 0.15) is 52.0 Å². The number of fused-ring (bicyclic) bond motifs is 1. The summed E-state index contributed by atoms with van der Waals surface area (Å²) in [5.74, 6) is -0.101. The number of ether oxygens (including phenoxy) is 1. The van der Waals surface area contributed by atoms with Gasteiger partial charge in [-0.15, -0.1) is 0 Å². The predicted octanol–water partition coefficient (Wildman–Crippen LogP) is 5.14. The topological polar surface area (TPSA) is 43.4 Å². The zero-order chi connectivity index (χ0) is 30.9. The Hall–Kier alpha value is -4.11. The first kappa shape index (κ1) is 33.3. The third kappa shape index (κ3) is 7.15. The molecule has 0 saturated carbocycles. The van der Waals surface area contributed by atoms with Crippen LogP contribution in [-0.2, 0) is 11.2 Å². The molecule has 3 nitrogen and oxygen atoms in total. The number of carbonyl (C=O) groups excluding carboxylic acids is 2. The van der Waals surface area contributed by atoms with E-state index in [0.717, 1.165) is 37.4 Å². The van der Waals surface area contributed by atoms with Crippen molar-refractivity contribution in [1.29, 1.82) is 0 Å². The highest BCUT2D eigenvalue weighted by atomic mass is 79.9. The molecule has 0 fully saturated rings. The van der Waals surface area contributed by atoms with Gasteiger partial charge in [-0.1, -0.05) is 109 Å². The minimum absolute atomic E-state index is 0. The zero-order valence-corrected chi connectivity index (χ0v) is 28.3. The van der Waals surface area contributed by atoms with Crippen molar-refractivity contribution in [3.63, 3.8) is 0 Å². The van der Waals surface area contributed by atoms with Crippen molar-refractivity contribution in [2.75, 3.05) is 12.8 Å². The SMILES string of the molecule is O=C1C(Cc2ccccc2)=C(OCCCCCC[P+](c2ccccc2)(c2ccccc2)c2ccccc2)C(=O)c2ccccc21.[Br-]. The van der Waals surface area contributed by atoms with Gasteiger partial charge in [0.1, 0.15) is 23.2 Å². The summed E-state index contributed by atoms with van der Waals surface area (Å²) < 4.78 is 6.18. The molecule has 0 bridgehead atoms. The lowest BCUT2D eigenvalue weighted by Gasteiger charge is -2.27. The number of rotatable bonds is 13. The van der Waals surface area contributed by atoms with E-state index in [2.05, 4.69) is 91.0 Å². The number of hydrogen-bond donors (Lipinski definition) is 0. The molecule has 5 aromatic rings. The number of benzene rings is 5. The largest absolute Gasteiger partial charge is 1.00 e. The zero-order valence-electron chi connectivity index (χ0n) is 25.9. The average Bonchev–Trinajstić information content (AvgIpc) is 3.11. The van der Waals surface area contributed by atoms with Crippen molar-refractivity contribution < 1.29 is 31.3 Å². The van der Waals surface area contributed by atoms with Crippen molar-refractivity contribution in [3.8, 4) is 0 Å². The molecule has 0 heterocycles. The Balaban J connectivity index is 0.00000417. The van der Waals surface area contributed by atoms with E-state index < -0.39 is 7.26 Å². The van der Waals surface area contributed by atoms with Crippen LogP contribution in [0.2, 0.25) is 0 Å². The molecule has 0 radical (unpaired) electrons. The Morgan fingerprint density at radius 1 is 0.478 bits per heavy atom. The van der Waals surface area contributed by atoms with Gasteiger partial charge in [-0.05, 0) is 67.6 Å². The number of halogens is 1. The van der Waals surface area contributed by atoms with E-state index in [1.807, 2.05) is 30.3 Å². The van der Waals surface area contributed by atoms with Crippen molar-refractivity contribution in [3.05, 3.63) is 174 Å². The quantitative estimate of drug-likeness (QED) is 0.127. The first-order valence-corrected chi connectivity index (χ1v) is 17.8. The van der Waals surface area contributed by atoms with Gasteiger partial charge < -0.3 is 21.7 Å². The molecule has 0 spiro atoms. The predicted molar refractivity (Wildman–Crippen MR) is 187 cm³/mol. The van der Waals surface area contributed by atoms with Crippen molar-refractivity contribution in [2.24, 2.45) is 0 Å². The lowest BCUT2D eigenvalue weighted by Crippen LogP contribution is -3.00. The maximum Gasteiger partial charge on any atom is 0.228 e. The highest BCUT2D eigenvalue weighted by Crippen LogP contribution is 2.56. The summed E-state index contributed by atoms with van der Waals surface area (Å²) >= 11 is 0. The van der Waals surface area contributed by atoms with E-state index in [1.54, 1.807) is 24.3 Å². The monoisotopic (exact) mass is 688 g/mol. The lowest BCUT2D eigenvalue weighted by atomic mass is 9.85. The molecular weight excluding hydrogens is 651 g/mol. The van der Waals surface area contributed by atoms with Gasteiger partial charge in [0, 0.05) is 17.5 Å². The summed E-state index contributed by atoms with van der Waals surface area (Å²) in [6.45, 7) is 0.408. The summed E-state index contributed by atoms with van der Waals surface area (Å²) in [5, 5.41) is 4.22. The van der Waals surface area contributed by atoms with Crippen LogP contribution in [0.4, 0.5) is 0 Å². The molecule has 0 aliphatic heterocycles. The molecule has 0 N–H and O–H groups in total. The standard InChI is InChI=1S/C41H38O3P.BrH/c42-39-36-27-15-16-28-37(36)40(43)41(38(39)31-32-19-7-3-8-20-32)44-29-17-1-2-18-30-45(33-21-9-4-10-22-33,34-23-11-5-12-24-34)35-25-13-6-14-26-35;/h3-16,19-28H,1-2,17-18,29-31H2;1H/q+1;/p-1. The molecule has 1 aliphatic rings. The Bertz CT molecular complexity index is 1670. The van der Waals surface area contributed by atoms with Gasteiger partial charge in [-0.25, -0.2) is 0 Å². The fraction of sp³-hybridized carbons (Fsp3) is 0.171. The van der Waals surface area contributed by atoms with Gasteiger partial charge in [0.15, 0.2) is 11.5 Å². The second-order valence-electron chi connectivity index (χ2n) is 11.5. The highest BCUT2D eigenvalue weighted by molar-refractivity contribution is 7.95. The Morgan fingerprint density at radius 3 is 1.43 bits per heavy atom. The average molecular weight is 690 g/mol. The molecule has 46 heavy (non-hydrogen) atoms. The van der Waals surface area contributed by atoms with Crippen LogP contribution in [0.25, 0.3) is 0 Å². The van der Waals surface area contributed by atoms with Crippen molar-refractivity contribution in [1.82, 2.24) is 0 Å². The maximum atomic E-state index is 13.5. The summed E-state index contributed by atoms with van der Waals surface area (Å²) in [6.07, 6.45) is 5.40. The smallest absolute Gasteiger partial charge is 0.228 e. The van der Waals surface area contributed by atoms with Crippen molar-refractivity contribution >= 4 is 34.7 Å². The maximum absolute atomic E-state index is 13.5. The second kappa shape index (κ2) is 15.9. The fourth-order valence-corrected chi connectivity index (χ4v) is 10.8. The van der Waals surface area contributed by atoms with Gasteiger partial charge >= 0.3 is 0 Å². The van der Waals surface area contributed by atoms with E-state index in [4.69, 9.17) is 4.74 Å². The third-order valence-corrected chi connectivity index (χ3v) is 13.1. The van der Waals surface area contributed by atoms with Gasteiger partial charge in [0.05, 0.1) is 18.3 Å². The van der Waals surface area contributed by atoms with E-state index >= 15 is 0 Å². The third-order valence-electron chi connectivity index (χ3n) is 8.62. The molecule has 0 saturated heterocycles. The van der Waals surface area contributed by atoms with Gasteiger partial charge in [0.25, 0.3) is 0 Å². The minimum atomic E-state index is -1.84. The summed E-state index contributed by atoms with van der Waals surface area (Å²) in [4.78, 5) is 27.0. The molecule has 5 aromatic carbocycles. The molecule has 232 valence electrons. The minimum Gasteiger partial charge on any atom is -1.00 e. The van der Waals surface area contributed by atoms with Crippen LogP contribution in [0.3, 0.4) is 0 Å². The fourth-order valence-electron chi connectivity index (χ4n) is 6.38. The van der Waals surface area contributed by atoms with E-state index in [-0.39, 0.29) is 34.3 Å². The van der Waals surface area contributed by atoms with Crippen LogP contribution in [0, 0.1) is 0 Å². The van der Waals surface area contributed by atoms with E-state index in [0.29, 0.717) is 29.7 Å². The molecule has 1 aliphatic carbocycles. The van der Waals surface area contributed by atoms with E-state index in [1.165, 1.54) is 15.9 Å². The molecule has 0 amide bonds. The Morgan fingerprint density at radius 2 is 0.913 bits per heavy atom. The molecule has 0 atom stereocenters. The number of hydrogen-bond acceptors (Lipinski definition) is 3. The van der Waals surface area contributed by atoms with Gasteiger partial charge in [0.2, 0.25) is 5.78 Å². The van der Waals surface area contributed by atoms with Crippen LogP contribution in [-0.4, -0.2) is 24.3 Å². The normalized spacial score (nSPS) is 12.8. The molecule has 0 unspecified atom stereocenters. The molecule has 0 aromatic heterocycles. The Labute approximate surface area is 283 Å². The van der Waals surface area contributed by atoms with Crippen LogP contribution in [0.5, 0.6) is 0 Å². The highest BCUT2D eigenvalue weighted by Gasteiger charge is 2.44. The van der Waals surface area contributed by atoms with Gasteiger partial charge in [-0.2, -0.15) is 0 Å². The number of allylic oxidation sites excluding steroid dienone is 2. The number of unbranched alkanes of at least 4 members (excludes halogenated alkanes) is 3. The summed E-state index contributed by atoms with van der Waals surface area (Å²) in [5.41, 5.74) is 2.32. The Kier molecular flexibility index (Phi) is 11.5. The number of carbonyl (C=O) groups is 2. The van der Waals surface area contributed by atoms with E-state index in [9.17, 15) is 9.59 Å². The lowest BCUT2D eigenvalue weighted by molar-refractivity contribution is -0.0000227. The van der Waals surface area contributed by atoms with Crippen LogP contribution < -0.4 is 32.9 Å². The number of Topliss-reactive ketones (excluding diaryl/α,β-unsaturated/α-hetero) is 2. The summed E-state index contributed by atoms with van der Waals surface area (Å²) in [6, 6.07) is 49.9. The van der Waals surface area contributed by atoms with Crippen molar-refractivity contribution in [2.45, 2.75) is 32.1 Å². The first-order chi connectivity index (χ1) is 22.2. The second-order valence-corrected chi connectivity index (χ2v) is 15.1. The molecule has 6 rings (SSSR count). The summed E-state index contributed by atoms with van der Waals surface area (Å²) in [7, 11) is -1.84. The van der Waals surface area contributed by atoms with Crippen LogP contribution in [0.15, 0.2) is 157 Å². The van der Waals surface area contributed by atoms with Gasteiger partial charge in [-0.3, -0.25) is 9.59 Å². The molecular formula is C41H38BrO3P. The first-order valence-electron chi connectivity index (χ1n) is 15.8. The number of ketones is 2. The molecule has 5 heteroatoms. The van der Waals surface area contributed by atoms with Crippen LogP contribution >= 0.6 is 7.26 Å².